The van der Waals surface area contributed by atoms with Gasteiger partial charge in [0.25, 0.3) is 11.6 Å². The van der Waals surface area contributed by atoms with Crippen molar-refractivity contribution < 1.29 is 9.72 Å². The quantitative estimate of drug-likeness (QED) is 0.656. The zero-order valence-electron chi connectivity index (χ0n) is 11.6. The number of carbonyl (C=O) groups is 1. The van der Waals surface area contributed by atoms with E-state index in [1.165, 1.54) is 18.2 Å². The fraction of sp³-hybridized carbons (Fsp3) is 0.133. The SMILES string of the molecule is Cc1cccc2c1NC(c1cc([N+](=O)[O-])ccc1Cl)NC2=O. The number of fused-ring (bicyclic) bond motifs is 1. The monoisotopic (exact) mass is 317 g/mol. The molecule has 3 rings (SSSR count). The molecular weight excluding hydrogens is 306 g/mol. The largest absolute Gasteiger partial charge is 0.361 e. The Hall–Kier alpha value is -2.60. The van der Waals surface area contributed by atoms with Gasteiger partial charge < -0.3 is 10.6 Å². The van der Waals surface area contributed by atoms with Gasteiger partial charge in [-0.1, -0.05) is 23.7 Å². The number of nitro benzene ring substituents is 1. The predicted molar refractivity (Wildman–Crippen MR) is 83.1 cm³/mol. The summed E-state index contributed by atoms with van der Waals surface area (Å²) >= 11 is 6.13. The Labute approximate surface area is 131 Å². The van der Waals surface area contributed by atoms with Gasteiger partial charge in [-0.2, -0.15) is 0 Å². The minimum absolute atomic E-state index is 0.0778. The van der Waals surface area contributed by atoms with E-state index in [-0.39, 0.29) is 11.6 Å². The molecule has 7 heteroatoms. The first-order valence-electron chi connectivity index (χ1n) is 6.58. The fourth-order valence-corrected chi connectivity index (χ4v) is 2.69. The molecule has 0 saturated carbocycles. The first kappa shape index (κ1) is 14.3. The Balaban J connectivity index is 2.05. The summed E-state index contributed by atoms with van der Waals surface area (Å²) in [7, 11) is 0. The van der Waals surface area contributed by atoms with Gasteiger partial charge in [0.15, 0.2) is 0 Å². The number of hydrogen-bond acceptors (Lipinski definition) is 4. The van der Waals surface area contributed by atoms with Crippen molar-refractivity contribution >= 4 is 28.9 Å². The standard InChI is InChI=1S/C15H12ClN3O3/c1-8-3-2-4-10-13(8)17-14(18-15(10)20)11-7-9(19(21)22)5-6-12(11)16/h2-7,14,17H,1H3,(H,18,20). The summed E-state index contributed by atoms with van der Waals surface area (Å²) in [5.74, 6) is -0.245. The zero-order chi connectivity index (χ0) is 15.9. The molecule has 0 fully saturated rings. The highest BCUT2D eigenvalue weighted by Gasteiger charge is 2.27. The lowest BCUT2D eigenvalue weighted by molar-refractivity contribution is -0.384. The number of anilines is 1. The van der Waals surface area contributed by atoms with Gasteiger partial charge >= 0.3 is 0 Å². The fourth-order valence-electron chi connectivity index (χ4n) is 2.46. The Morgan fingerprint density at radius 3 is 2.73 bits per heavy atom. The van der Waals surface area contributed by atoms with Gasteiger partial charge in [-0.05, 0) is 24.6 Å². The summed E-state index contributed by atoms with van der Waals surface area (Å²) in [6.07, 6.45) is -0.617. The van der Waals surface area contributed by atoms with Crippen molar-refractivity contribution in [3.63, 3.8) is 0 Å². The summed E-state index contributed by atoms with van der Waals surface area (Å²) in [6, 6.07) is 9.55. The minimum Gasteiger partial charge on any atom is -0.361 e. The van der Waals surface area contributed by atoms with Crippen LogP contribution in [0.3, 0.4) is 0 Å². The van der Waals surface area contributed by atoms with E-state index in [9.17, 15) is 14.9 Å². The molecule has 2 aromatic rings. The summed E-state index contributed by atoms with van der Waals surface area (Å²) in [5.41, 5.74) is 2.54. The summed E-state index contributed by atoms with van der Waals surface area (Å²) < 4.78 is 0. The van der Waals surface area contributed by atoms with Crippen LogP contribution in [-0.4, -0.2) is 10.8 Å². The van der Waals surface area contributed by atoms with E-state index in [2.05, 4.69) is 10.6 Å². The summed E-state index contributed by atoms with van der Waals surface area (Å²) in [4.78, 5) is 22.6. The molecule has 22 heavy (non-hydrogen) atoms. The van der Waals surface area contributed by atoms with Gasteiger partial charge in [0.2, 0.25) is 0 Å². The van der Waals surface area contributed by atoms with Crippen molar-refractivity contribution in [1.29, 1.82) is 0 Å². The Morgan fingerprint density at radius 2 is 2.00 bits per heavy atom. The molecule has 1 atom stereocenters. The second-order valence-corrected chi connectivity index (χ2v) is 5.42. The third-order valence-corrected chi connectivity index (χ3v) is 3.93. The molecule has 1 amide bonds. The molecule has 2 aromatic carbocycles. The molecule has 0 spiro atoms. The van der Waals surface area contributed by atoms with Crippen LogP contribution in [0.15, 0.2) is 36.4 Å². The van der Waals surface area contributed by atoms with Crippen molar-refractivity contribution in [3.8, 4) is 0 Å². The molecule has 1 unspecified atom stereocenters. The molecule has 0 aromatic heterocycles. The molecule has 0 bridgehead atoms. The molecule has 1 heterocycles. The number of para-hydroxylation sites is 1. The molecule has 1 aliphatic rings. The average Bonchev–Trinajstić information content (AvgIpc) is 2.48. The van der Waals surface area contributed by atoms with Crippen molar-refractivity contribution in [3.05, 3.63) is 68.2 Å². The van der Waals surface area contributed by atoms with Crippen molar-refractivity contribution in [2.75, 3.05) is 5.32 Å². The number of nitrogens with zero attached hydrogens (tertiary/aromatic N) is 1. The van der Waals surface area contributed by atoms with Crippen LogP contribution in [0.25, 0.3) is 0 Å². The Kier molecular flexibility index (Phi) is 3.46. The van der Waals surface area contributed by atoms with Crippen LogP contribution in [0.4, 0.5) is 11.4 Å². The lowest BCUT2D eigenvalue weighted by Crippen LogP contribution is -2.39. The van der Waals surface area contributed by atoms with Crippen molar-refractivity contribution in [2.45, 2.75) is 13.1 Å². The molecule has 0 aliphatic carbocycles. The lowest BCUT2D eigenvalue weighted by atomic mass is 10.0. The number of rotatable bonds is 2. The first-order valence-corrected chi connectivity index (χ1v) is 6.96. The number of nitrogens with one attached hydrogen (secondary N) is 2. The third-order valence-electron chi connectivity index (χ3n) is 3.58. The lowest BCUT2D eigenvalue weighted by Gasteiger charge is -2.29. The van der Waals surface area contributed by atoms with E-state index in [0.717, 1.165) is 5.56 Å². The van der Waals surface area contributed by atoms with E-state index in [4.69, 9.17) is 11.6 Å². The van der Waals surface area contributed by atoms with Crippen LogP contribution >= 0.6 is 11.6 Å². The van der Waals surface area contributed by atoms with E-state index in [1.54, 1.807) is 12.1 Å². The number of nitro groups is 1. The highest BCUT2D eigenvalue weighted by molar-refractivity contribution is 6.31. The van der Waals surface area contributed by atoms with Gasteiger partial charge in [0, 0.05) is 22.7 Å². The van der Waals surface area contributed by atoms with Crippen LogP contribution in [0.2, 0.25) is 5.02 Å². The molecule has 0 radical (unpaired) electrons. The summed E-state index contributed by atoms with van der Waals surface area (Å²) in [6.45, 7) is 1.89. The van der Waals surface area contributed by atoms with Crippen LogP contribution in [0.1, 0.15) is 27.7 Å². The molecular formula is C15H12ClN3O3. The highest BCUT2D eigenvalue weighted by atomic mass is 35.5. The maximum Gasteiger partial charge on any atom is 0.269 e. The van der Waals surface area contributed by atoms with Crippen molar-refractivity contribution in [2.24, 2.45) is 0 Å². The van der Waals surface area contributed by atoms with Gasteiger partial charge in [0.05, 0.1) is 16.2 Å². The van der Waals surface area contributed by atoms with Gasteiger partial charge in [-0.15, -0.1) is 0 Å². The molecule has 1 aliphatic heterocycles. The van der Waals surface area contributed by atoms with Crippen LogP contribution in [-0.2, 0) is 0 Å². The highest BCUT2D eigenvalue weighted by Crippen LogP contribution is 2.33. The normalized spacial score (nSPS) is 16.5. The van der Waals surface area contributed by atoms with E-state index < -0.39 is 11.1 Å². The smallest absolute Gasteiger partial charge is 0.269 e. The average molecular weight is 318 g/mol. The number of hydrogen-bond donors (Lipinski definition) is 2. The van der Waals surface area contributed by atoms with E-state index in [1.807, 2.05) is 13.0 Å². The van der Waals surface area contributed by atoms with Crippen LogP contribution < -0.4 is 10.6 Å². The maximum absolute atomic E-state index is 12.2. The number of halogens is 1. The Bertz CT molecular complexity index is 792. The van der Waals surface area contributed by atoms with Gasteiger partial charge in [-0.25, -0.2) is 0 Å². The zero-order valence-corrected chi connectivity index (χ0v) is 12.3. The number of aryl methyl sites for hydroxylation is 1. The van der Waals surface area contributed by atoms with Crippen LogP contribution in [0, 0.1) is 17.0 Å². The maximum atomic E-state index is 12.2. The molecule has 6 nitrogen and oxygen atoms in total. The number of amides is 1. The van der Waals surface area contributed by atoms with E-state index in [0.29, 0.717) is 21.8 Å². The Morgan fingerprint density at radius 1 is 1.23 bits per heavy atom. The van der Waals surface area contributed by atoms with Crippen LogP contribution in [0.5, 0.6) is 0 Å². The second kappa shape index (κ2) is 5.31. The molecule has 0 saturated heterocycles. The predicted octanol–water partition coefficient (Wildman–Crippen LogP) is 3.41. The third kappa shape index (κ3) is 2.37. The van der Waals surface area contributed by atoms with Gasteiger partial charge in [0.1, 0.15) is 6.17 Å². The second-order valence-electron chi connectivity index (χ2n) is 5.01. The minimum atomic E-state index is -0.617. The van der Waals surface area contributed by atoms with Crippen molar-refractivity contribution in [1.82, 2.24) is 5.32 Å². The van der Waals surface area contributed by atoms with Gasteiger partial charge in [-0.3, -0.25) is 14.9 Å². The molecule has 2 N–H and O–H groups in total. The first-order chi connectivity index (χ1) is 10.5. The topological polar surface area (TPSA) is 84.3 Å². The number of benzene rings is 2. The number of non-ortho nitro benzene ring substituents is 1. The summed E-state index contributed by atoms with van der Waals surface area (Å²) in [5, 5.41) is 17.2. The number of carbonyl (C=O) groups excluding carboxylic acids is 1. The van der Waals surface area contributed by atoms with E-state index >= 15 is 0 Å². The molecule has 112 valence electrons.